The van der Waals surface area contributed by atoms with Gasteiger partial charge in [0.15, 0.2) is 5.78 Å². The fourth-order valence-corrected chi connectivity index (χ4v) is 3.05. The van der Waals surface area contributed by atoms with Gasteiger partial charge in [-0.2, -0.15) is 0 Å². The zero-order valence-electron chi connectivity index (χ0n) is 10.9. The molecule has 0 bridgehead atoms. The third-order valence-electron chi connectivity index (χ3n) is 3.59. The molecule has 1 aliphatic heterocycles. The van der Waals surface area contributed by atoms with E-state index in [2.05, 4.69) is 20.8 Å². The number of primary amides is 1. The van der Waals surface area contributed by atoms with Crippen molar-refractivity contribution in [3.8, 4) is 0 Å². The van der Waals surface area contributed by atoms with Crippen molar-refractivity contribution >= 4 is 33.3 Å². The predicted molar refractivity (Wildman–Crippen MR) is 78.3 cm³/mol. The van der Waals surface area contributed by atoms with Gasteiger partial charge in [0, 0.05) is 34.7 Å². The van der Waals surface area contributed by atoms with Crippen molar-refractivity contribution < 1.29 is 9.59 Å². The smallest absolute Gasteiger partial charge is 0.220 e. The largest absolute Gasteiger partial charge is 0.371 e. The maximum Gasteiger partial charge on any atom is 0.220 e. The minimum Gasteiger partial charge on any atom is -0.371 e. The number of Topliss-reactive ketones (excluding diaryl/α,β-unsaturated/α-hetero) is 1. The number of amides is 1. The maximum absolute atomic E-state index is 11.4. The molecule has 0 spiro atoms. The van der Waals surface area contributed by atoms with Gasteiger partial charge in [-0.05, 0) is 53.9 Å². The van der Waals surface area contributed by atoms with Crippen LogP contribution in [0.25, 0.3) is 0 Å². The Morgan fingerprint density at radius 1 is 1.32 bits per heavy atom. The predicted octanol–water partition coefficient (Wildman–Crippen LogP) is 2.35. The van der Waals surface area contributed by atoms with Crippen molar-refractivity contribution in [1.82, 2.24) is 0 Å². The lowest BCUT2D eigenvalue weighted by atomic mass is 9.96. The van der Waals surface area contributed by atoms with Gasteiger partial charge in [-0.1, -0.05) is 0 Å². The van der Waals surface area contributed by atoms with Crippen molar-refractivity contribution in [2.24, 2.45) is 11.7 Å². The van der Waals surface area contributed by atoms with Gasteiger partial charge in [0.1, 0.15) is 0 Å². The fourth-order valence-electron chi connectivity index (χ4n) is 2.41. The number of nitrogens with zero attached hydrogens (tertiary/aromatic N) is 1. The van der Waals surface area contributed by atoms with E-state index in [1.165, 1.54) is 0 Å². The zero-order chi connectivity index (χ0) is 14.0. The molecular weight excluding hydrogens is 308 g/mol. The van der Waals surface area contributed by atoms with Crippen LogP contribution in [-0.4, -0.2) is 24.8 Å². The average molecular weight is 325 g/mol. The molecule has 0 saturated carbocycles. The van der Waals surface area contributed by atoms with E-state index in [0.717, 1.165) is 36.1 Å². The molecule has 1 saturated heterocycles. The second kappa shape index (κ2) is 5.74. The van der Waals surface area contributed by atoms with Crippen molar-refractivity contribution in [3.05, 3.63) is 28.2 Å². The summed E-state index contributed by atoms with van der Waals surface area (Å²) < 4.78 is 0.814. The van der Waals surface area contributed by atoms with Gasteiger partial charge >= 0.3 is 0 Å². The molecule has 0 aromatic heterocycles. The summed E-state index contributed by atoms with van der Waals surface area (Å²) in [5.41, 5.74) is 7.09. The number of hydrogen-bond acceptors (Lipinski definition) is 3. The van der Waals surface area contributed by atoms with Gasteiger partial charge in [0.05, 0.1) is 0 Å². The Morgan fingerprint density at radius 2 is 1.95 bits per heavy atom. The summed E-state index contributed by atoms with van der Waals surface area (Å²) in [7, 11) is 0. The summed E-state index contributed by atoms with van der Waals surface area (Å²) in [6.07, 6.45) is 1.59. The van der Waals surface area contributed by atoms with Crippen LogP contribution >= 0.6 is 15.9 Å². The Labute approximate surface area is 121 Å². The monoisotopic (exact) mass is 324 g/mol. The van der Waals surface area contributed by atoms with Crippen LogP contribution in [0.2, 0.25) is 0 Å². The molecule has 2 rings (SSSR count). The molecule has 0 unspecified atom stereocenters. The van der Waals surface area contributed by atoms with Crippen LogP contribution in [0.15, 0.2) is 22.7 Å². The van der Waals surface area contributed by atoms with E-state index in [9.17, 15) is 9.59 Å². The maximum atomic E-state index is 11.4. The molecule has 1 aromatic carbocycles. The fraction of sp³-hybridized carbons (Fsp3) is 0.429. The van der Waals surface area contributed by atoms with Gasteiger partial charge in [0.25, 0.3) is 0 Å². The number of rotatable bonds is 3. The molecule has 1 aromatic rings. The molecule has 1 amide bonds. The van der Waals surface area contributed by atoms with E-state index in [0.29, 0.717) is 5.56 Å². The Bertz CT molecular complexity index is 508. The molecule has 102 valence electrons. The first-order chi connectivity index (χ1) is 8.99. The molecule has 1 aliphatic rings. The summed E-state index contributed by atoms with van der Waals surface area (Å²) in [5, 5.41) is 0. The van der Waals surface area contributed by atoms with Crippen LogP contribution in [0.3, 0.4) is 0 Å². The van der Waals surface area contributed by atoms with Crippen LogP contribution in [-0.2, 0) is 4.79 Å². The van der Waals surface area contributed by atoms with Crippen molar-refractivity contribution in [3.63, 3.8) is 0 Å². The van der Waals surface area contributed by atoms with E-state index in [1.807, 2.05) is 18.2 Å². The topological polar surface area (TPSA) is 63.4 Å². The van der Waals surface area contributed by atoms with Crippen LogP contribution in [0.4, 0.5) is 5.69 Å². The van der Waals surface area contributed by atoms with Crippen LogP contribution < -0.4 is 10.6 Å². The molecule has 0 radical (unpaired) electrons. The number of benzene rings is 1. The van der Waals surface area contributed by atoms with Crippen LogP contribution in [0, 0.1) is 5.92 Å². The quantitative estimate of drug-likeness (QED) is 0.868. The summed E-state index contributed by atoms with van der Waals surface area (Å²) in [5.74, 6) is -0.158. The van der Waals surface area contributed by atoms with Gasteiger partial charge in [0.2, 0.25) is 5.91 Å². The van der Waals surface area contributed by atoms with Crippen molar-refractivity contribution in [1.29, 1.82) is 0 Å². The molecule has 0 atom stereocenters. The van der Waals surface area contributed by atoms with Crippen LogP contribution in [0.1, 0.15) is 30.1 Å². The van der Waals surface area contributed by atoms with E-state index in [-0.39, 0.29) is 17.6 Å². The lowest BCUT2D eigenvalue weighted by Crippen LogP contribution is -2.38. The van der Waals surface area contributed by atoms with E-state index >= 15 is 0 Å². The molecule has 0 aliphatic carbocycles. The minimum atomic E-state index is -0.201. The number of anilines is 1. The summed E-state index contributed by atoms with van der Waals surface area (Å²) >= 11 is 3.43. The number of halogens is 1. The Hall–Kier alpha value is -1.36. The third-order valence-corrected chi connectivity index (χ3v) is 4.25. The van der Waals surface area contributed by atoms with Gasteiger partial charge in [-0.25, -0.2) is 0 Å². The SMILES string of the molecule is CC(=O)c1ccc(N2CCC(C(N)=O)CC2)cc1Br. The standard InChI is InChI=1S/C14H17BrN2O2/c1-9(18)12-3-2-11(8-13(12)15)17-6-4-10(5-7-17)14(16)19/h2-3,8,10H,4-7H2,1H3,(H2,16,19). The first-order valence-corrected chi connectivity index (χ1v) is 7.13. The lowest BCUT2D eigenvalue weighted by molar-refractivity contribution is -0.122. The Kier molecular flexibility index (Phi) is 4.24. The lowest BCUT2D eigenvalue weighted by Gasteiger charge is -2.32. The van der Waals surface area contributed by atoms with E-state index < -0.39 is 0 Å². The second-order valence-electron chi connectivity index (χ2n) is 4.88. The molecule has 5 heteroatoms. The number of nitrogens with two attached hydrogens (primary N) is 1. The molecule has 1 heterocycles. The normalized spacial score (nSPS) is 16.4. The zero-order valence-corrected chi connectivity index (χ0v) is 12.4. The summed E-state index contributed by atoms with van der Waals surface area (Å²) in [4.78, 5) is 24.7. The highest BCUT2D eigenvalue weighted by atomic mass is 79.9. The molecule has 4 nitrogen and oxygen atoms in total. The highest BCUT2D eigenvalue weighted by Gasteiger charge is 2.23. The second-order valence-corrected chi connectivity index (χ2v) is 5.74. The highest BCUT2D eigenvalue weighted by Crippen LogP contribution is 2.28. The Balaban J connectivity index is 2.10. The van der Waals surface area contributed by atoms with Gasteiger partial charge in [-0.3, -0.25) is 9.59 Å². The number of ketones is 1. The molecule has 2 N–H and O–H groups in total. The third kappa shape index (κ3) is 3.15. The molecular formula is C14H17BrN2O2. The van der Waals surface area contributed by atoms with Gasteiger partial charge in [-0.15, -0.1) is 0 Å². The summed E-state index contributed by atoms with van der Waals surface area (Å²) in [6, 6.07) is 5.75. The number of piperidine rings is 1. The number of hydrogen-bond donors (Lipinski definition) is 1. The Morgan fingerprint density at radius 3 is 2.42 bits per heavy atom. The van der Waals surface area contributed by atoms with E-state index in [4.69, 9.17) is 5.73 Å². The first kappa shape index (κ1) is 14.1. The minimum absolute atomic E-state index is 0.00353. The average Bonchev–Trinajstić information content (AvgIpc) is 2.38. The van der Waals surface area contributed by atoms with Gasteiger partial charge < -0.3 is 10.6 Å². The van der Waals surface area contributed by atoms with E-state index in [1.54, 1.807) is 6.92 Å². The summed E-state index contributed by atoms with van der Waals surface area (Å²) in [6.45, 7) is 3.19. The number of carbonyl (C=O) groups excluding carboxylic acids is 2. The number of carbonyl (C=O) groups is 2. The highest BCUT2D eigenvalue weighted by molar-refractivity contribution is 9.10. The first-order valence-electron chi connectivity index (χ1n) is 6.34. The molecule has 19 heavy (non-hydrogen) atoms. The van der Waals surface area contributed by atoms with Crippen molar-refractivity contribution in [2.75, 3.05) is 18.0 Å². The molecule has 1 fully saturated rings. The van der Waals surface area contributed by atoms with Crippen LogP contribution in [0.5, 0.6) is 0 Å². The van der Waals surface area contributed by atoms with Crippen molar-refractivity contribution in [2.45, 2.75) is 19.8 Å².